The van der Waals surface area contributed by atoms with E-state index in [2.05, 4.69) is 21.3 Å². The Labute approximate surface area is 193 Å². The molecule has 0 saturated carbocycles. The summed E-state index contributed by atoms with van der Waals surface area (Å²) in [7, 11) is 0. The van der Waals surface area contributed by atoms with E-state index in [1.807, 2.05) is 53.6 Å². The summed E-state index contributed by atoms with van der Waals surface area (Å²) in [5, 5.41) is 4.12. The first kappa shape index (κ1) is 21.7. The van der Waals surface area contributed by atoms with E-state index in [-0.39, 0.29) is 24.3 Å². The molecular formula is C26H30N4O3. The number of carbonyl (C=O) groups excluding carboxylic acids is 2. The number of aromatic nitrogens is 1. The van der Waals surface area contributed by atoms with Gasteiger partial charge in [-0.3, -0.25) is 14.5 Å². The number of aromatic amines is 1. The lowest BCUT2D eigenvalue weighted by atomic mass is 9.97. The van der Waals surface area contributed by atoms with Crippen LogP contribution in [0.25, 0.3) is 10.9 Å². The number of carbonyl (C=O) groups is 2. The van der Waals surface area contributed by atoms with Crippen LogP contribution in [0.1, 0.15) is 40.4 Å². The van der Waals surface area contributed by atoms with Crippen LogP contribution in [0.2, 0.25) is 0 Å². The third kappa shape index (κ3) is 4.51. The van der Waals surface area contributed by atoms with Crippen LogP contribution >= 0.6 is 0 Å². The normalized spacial score (nSPS) is 18.6. The maximum atomic E-state index is 13.3. The van der Waals surface area contributed by atoms with Gasteiger partial charge in [-0.15, -0.1) is 0 Å². The van der Waals surface area contributed by atoms with Gasteiger partial charge in [-0.05, 0) is 30.7 Å². The molecular weight excluding hydrogens is 416 g/mol. The predicted octanol–water partition coefficient (Wildman–Crippen LogP) is 2.94. The first-order valence-corrected chi connectivity index (χ1v) is 11.7. The first-order chi connectivity index (χ1) is 16.2. The summed E-state index contributed by atoms with van der Waals surface area (Å²) >= 11 is 0. The van der Waals surface area contributed by atoms with Crippen LogP contribution in [-0.4, -0.2) is 72.5 Å². The van der Waals surface area contributed by atoms with Gasteiger partial charge in [0, 0.05) is 60.8 Å². The Kier molecular flexibility index (Phi) is 6.41. The maximum Gasteiger partial charge on any atom is 0.255 e. The minimum atomic E-state index is -0.195. The van der Waals surface area contributed by atoms with Gasteiger partial charge in [0.1, 0.15) is 0 Å². The number of morpholine rings is 1. The predicted molar refractivity (Wildman–Crippen MR) is 127 cm³/mol. The van der Waals surface area contributed by atoms with Crippen LogP contribution in [-0.2, 0) is 9.53 Å². The molecule has 1 saturated heterocycles. The van der Waals surface area contributed by atoms with Crippen LogP contribution in [0.5, 0.6) is 0 Å². The second-order valence-corrected chi connectivity index (χ2v) is 8.69. The number of amides is 2. The van der Waals surface area contributed by atoms with E-state index in [1.54, 1.807) is 0 Å². The molecule has 172 valence electrons. The van der Waals surface area contributed by atoms with E-state index in [0.29, 0.717) is 13.1 Å². The van der Waals surface area contributed by atoms with Crippen molar-refractivity contribution < 1.29 is 14.3 Å². The average molecular weight is 447 g/mol. The Bertz CT molecular complexity index is 1140. The molecule has 2 aromatic carbocycles. The molecule has 1 aromatic heterocycles. The number of fused-ring (bicyclic) bond motifs is 2. The third-order valence-electron chi connectivity index (χ3n) is 6.63. The van der Waals surface area contributed by atoms with Gasteiger partial charge < -0.3 is 19.9 Å². The first-order valence-electron chi connectivity index (χ1n) is 11.7. The van der Waals surface area contributed by atoms with Crippen molar-refractivity contribution in [3.63, 3.8) is 0 Å². The fourth-order valence-electron chi connectivity index (χ4n) is 4.92. The van der Waals surface area contributed by atoms with Crippen molar-refractivity contribution in [2.75, 3.05) is 45.9 Å². The molecule has 1 atom stereocenters. The van der Waals surface area contributed by atoms with Crippen molar-refractivity contribution >= 4 is 22.7 Å². The third-order valence-corrected chi connectivity index (χ3v) is 6.63. The highest BCUT2D eigenvalue weighted by atomic mass is 16.5. The number of para-hydroxylation sites is 1. The van der Waals surface area contributed by atoms with Gasteiger partial charge in [-0.1, -0.05) is 36.4 Å². The fourth-order valence-corrected chi connectivity index (χ4v) is 4.92. The molecule has 2 aliphatic heterocycles. The summed E-state index contributed by atoms with van der Waals surface area (Å²) in [6, 6.07) is 15.7. The lowest BCUT2D eigenvalue weighted by Gasteiger charge is -2.26. The van der Waals surface area contributed by atoms with Gasteiger partial charge in [0.2, 0.25) is 5.91 Å². The molecule has 1 unspecified atom stereocenters. The number of benzene rings is 2. The van der Waals surface area contributed by atoms with Crippen molar-refractivity contribution in [3.8, 4) is 0 Å². The standard InChI is InChI=1S/C26H30N4O3/c31-24(27-11-5-12-29-14-16-33-17-15-29)10-13-30-25(20-7-1-2-8-21(20)26(30)32)22-18-28-23-9-4-3-6-19(22)23/h1-4,6-9,18,25,28H,5,10-17H2,(H,27,31). The van der Waals surface area contributed by atoms with E-state index < -0.39 is 0 Å². The molecule has 7 nitrogen and oxygen atoms in total. The van der Waals surface area contributed by atoms with Crippen molar-refractivity contribution in [1.82, 2.24) is 20.1 Å². The molecule has 3 heterocycles. The van der Waals surface area contributed by atoms with Crippen LogP contribution < -0.4 is 5.32 Å². The number of hydrogen-bond acceptors (Lipinski definition) is 4. The zero-order chi connectivity index (χ0) is 22.6. The van der Waals surface area contributed by atoms with Gasteiger partial charge in [-0.25, -0.2) is 0 Å². The monoisotopic (exact) mass is 446 g/mol. The summed E-state index contributed by atoms with van der Waals surface area (Å²) in [5.74, 6) is -0.0283. The lowest BCUT2D eigenvalue weighted by Crippen LogP contribution is -2.38. The molecule has 5 rings (SSSR count). The van der Waals surface area contributed by atoms with Crippen LogP contribution in [0.4, 0.5) is 0 Å². The van der Waals surface area contributed by atoms with Crippen LogP contribution in [0, 0.1) is 0 Å². The van der Waals surface area contributed by atoms with Gasteiger partial charge >= 0.3 is 0 Å². The minimum Gasteiger partial charge on any atom is -0.379 e. The Hall–Kier alpha value is -3.16. The number of rotatable bonds is 8. The molecule has 0 aliphatic carbocycles. The smallest absolute Gasteiger partial charge is 0.255 e. The SMILES string of the molecule is O=C(CCN1C(=O)c2ccccc2C1c1c[nH]c2ccccc12)NCCCN1CCOCC1. The Morgan fingerprint density at radius 3 is 2.70 bits per heavy atom. The van der Waals surface area contributed by atoms with Crippen LogP contribution in [0.15, 0.2) is 54.7 Å². The highest BCUT2D eigenvalue weighted by Crippen LogP contribution is 2.41. The summed E-state index contributed by atoms with van der Waals surface area (Å²) in [5.41, 5.74) is 3.83. The van der Waals surface area contributed by atoms with E-state index in [1.165, 1.54) is 0 Å². The average Bonchev–Trinajstić information content (AvgIpc) is 3.40. The molecule has 0 spiro atoms. The van der Waals surface area contributed by atoms with Gasteiger partial charge in [-0.2, -0.15) is 0 Å². The van der Waals surface area contributed by atoms with E-state index >= 15 is 0 Å². The Balaban J connectivity index is 1.24. The number of H-pyrrole nitrogens is 1. The zero-order valence-electron chi connectivity index (χ0n) is 18.8. The van der Waals surface area contributed by atoms with E-state index in [4.69, 9.17) is 4.74 Å². The Morgan fingerprint density at radius 2 is 1.82 bits per heavy atom. The molecule has 1 fully saturated rings. The Morgan fingerprint density at radius 1 is 1.03 bits per heavy atom. The van der Waals surface area contributed by atoms with Gasteiger partial charge in [0.25, 0.3) is 5.91 Å². The molecule has 33 heavy (non-hydrogen) atoms. The summed E-state index contributed by atoms with van der Waals surface area (Å²) in [6.45, 7) is 5.49. The van der Waals surface area contributed by atoms with Gasteiger partial charge in [0.15, 0.2) is 0 Å². The van der Waals surface area contributed by atoms with Gasteiger partial charge in [0.05, 0.1) is 19.3 Å². The number of hydrogen-bond donors (Lipinski definition) is 2. The summed E-state index contributed by atoms with van der Waals surface area (Å²) in [6.07, 6.45) is 3.19. The zero-order valence-corrected chi connectivity index (χ0v) is 18.8. The van der Waals surface area contributed by atoms with E-state index in [9.17, 15) is 9.59 Å². The minimum absolute atomic E-state index is 0.0130. The second kappa shape index (κ2) is 9.77. The topological polar surface area (TPSA) is 77.7 Å². The van der Waals surface area contributed by atoms with Crippen molar-refractivity contribution in [3.05, 3.63) is 71.4 Å². The molecule has 3 aromatic rings. The fraction of sp³-hybridized carbons (Fsp3) is 0.385. The highest BCUT2D eigenvalue weighted by molar-refractivity contribution is 6.01. The number of nitrogens with zero attached hydrogens (tertiary/aromatic N) is 2. The summed E-state index contributed by atoms with van der Waals surface area (Å²) < 4.78 is 5.37. The number of nitrogens with one attached hydrogen (secondary N) is 2. The van der Waals surface area contributed by atoms with E-state index in [0.717, 1.165) is 66.9 Å². The summed E-state index contributed by atoms with van der Waals surface area (Å²) in [4.78, 5) is 33.3. The maximum absolute atomic E-state index is 13.3. The van der Waals surface area contributed by atoms with Crippen LogP contribution in [0.3, 0.4) is 0 Å². The van der Waals surface area contributed by atoms with Crippen molar-refractivity contribution in [2.45, 2.75) is 18.9 Å². The van der Waals surface area contributed by atoms with Crippen molar-refractivity contribution in [1.29, 1.82) is 0 Å². The largest absolute Gasteiger partial charge is 0.379 e. The molecule has 2 N–H and O–H groups in total. The number of ether oxygens (including phenoxy) is 1. The molecule has 7 heteroatoms. The quantitative estimate of drug-likeness (QED) is 0.522. The molecule has 2 amide bonds. The molecule has 0 radical (unpaired) electrons. The molecule has 0 bridgehead atoms. The highest BCUT2D eigenvalue weighted by Gasteiger charge is 2.38. The second-order valence-electron chi connectivity index (χ2n) is 8.69. The lowest BCUT2D eigenvalue weighted by molar-refractivity contribution is -0.121. The molecule has 2 aliphatic rings. The van der Waals surface area contributed by atoms with Crippen molar-refractivity contribution in [2.24, 2.45) is 0 Å².